The number of nitrogens with one attached hydrogen (secondary N) is 7. The van der Waals surface area contributed by atoms with Gasteiger partial charge >= 0.3 is 0 Å². The zero-order chi connectivity index (χ0) is 39.0. The Labute approximate surface area is 306 Å². The van der Waals surface area contributed by atoms with Crippen molar-refractivity contribution in [2.75, 3.05) is 13.1 Å². The molecular formula is C35H49N9O9. The number of aromatic nitrogens is 1. The molecule has 7 unspecified atom stereocenters. The van der Waals surface area contributed by atoms with E-state index in [-0.39, 0.29) is 31.7 Å². The highest BCUT2D eigenvalue weighted by atomic mass is 16.3. The van der Waals surface area contributed by atoms with Crippen molar-refractivity contribution in [3.8, 4) is 0 Å². The van der Waals surface area contributed by atoms with Crippen molar-refractivity contribution in [1.29, 1.82) is 0 Å². The van der Waals surface area contributed by atoms with E-state index in [4.69, 9.17) is 5.73 Å². The lowest BCUT2D eigenvalue weighted by atomic mass is 10.0. The summed E-state index contributed by atoms with van der Waals surface area (Å²) in [6, 6.07) is -0.518. The van der Waals surface area contributed by atoms with Crippen molar-refractivity contribution in [2.45, 2.75) is 102 Å². The summed E-state index contributed by atoms with van der Waals surface area (Å²) in [5.41, 5.74) is 6.85. The van der Waals surface area contributed by atoms with E-state index in [9.17, 15) is 43.5 Å². The molecule has 18 heteroatoms. The van der Waals surface area contributed by atoms with Gasteiger partial charge in [0.15, 0.2) is 0 Å². The summed E-state index contributed by atoms with van der Waals surface area (Å²) in [6.07, 6.45) is 0.346. The molecule has 2 aromatic rings. The predicted molar refractivity (Wildman–Crippen MR) is 190 cm³/mol. The van der Waals surface area contributed by atoms with E-state index in [1.165, 1.54) is 13.8 Å². The van der Waals surface area contributed by atoms with Crippen LogP contribution in [0.15, 0.2) is 30.5 Å². The number of benzene rings is 1. The molecule has 2 aliphatic heterocycles. The SMILES string of the molecule is CC(C)CC1NC(=O)C(Cc2c[nH]c3ccccc23)NC(=O)C(C)NC(=O)C(CC(N)=O)NC(=O)C2CCCN2C(=O)C(C(C)O)NC(=O)CNC1=O. The number of H-pyrrole nitrogens is 1. The molecule has 2 aliphatic rings. The molecule has 3 heterocycles. The number of rotatable bonds is 7. The third-order valence-corrected chi connectivity index (χ3v) is 9.19. The minimum Gasteiger partial charge on any atom is -0.391 e. The van der Waals surface area contributed by atoms with Crippen LogP contribution in [0.3, 0.4) is 0 Å². The minimum absolute atomic E-state index is 0.0202. The van der Waals surface area contributed by atoms with Crippen LogP contribution in [-0.2, 0) is 44.8 Å². The van der Waals surface area contributed by atoms with Crippen molar-refractivity contribution < 1.29 is 43.5 Å². The van der Waals surface area contributed by atoms with E-state index in [1.54, 1.807) is 6.20 Å². The summed E-state index contributed by atoms with van der Waals surface area (Å²) in [5.74, 6) is -6.57. The number of nitrogens with zero attached hydrogens (tertiary/aromatic N) is 1. The van der Waals surface area contributed by atoms with Crippen LogP contribution < -0.4 is 37.6 Å². The summed E-state index contributed by atoms with van der Waals surface area (Å²) < 4.78 is 0. The van der Waals surface area contributed by atoms with Crippen molar-refractivity contribution in [3.63, 3.8) is 0 Å². The first-order valence-corrected chi connectivity index (χ1v) is 17.7. The monoisotopic (exact) mass is 739 g/mol. The Hall–Kier alpha value is -5.52. The zero-order valence-corrected chi connectivity index (χ0v) is 30.2. The Balaban J connectivity index is 1.69. The molecule has 18 nitrogen and oxygen atoms in total. The van der Waals surface area contributed by atoms with Crippen molar-refractivity contribution >= 4 is 58.2 Å². The zero-order valence-electron chi connectivity index (χ0n) is 30.2. The average molecular weight is 740 g/mol. The lowest BCUT2D eigenvalue weighted by Gasteiger charge is -2.31. The Morgan fingerprint density at radius 3 is 2.21 bits per heavy atom. The lowest BCUT2D eigenvalue weighted by Crippen LogP contribution is -2.60. The summed E-state index contributed by atoms with van der Waals surface area (Å²) >= 11 is 0. The van der Waals surface area contributed by atoms with Gasteiger partial charge in [-0.05, 0) is 50.7 Å². The number of carbonyl (C=O) groups excluding carboxylic acids is 8. The van der Waals surface area contributed by atoms with Crippen LogP contribution in [0.25, 0.3) is 10.9 Å². The highest BCUT2D eigenvalue weighted by molar-refractivity contribution is 5.99. The maximum Gasteiger partial charge on any atom is 0.248 e. The molecule has 1 aromatic carbocycles. The van der Waals surface area contributed by atoms with Gasteiger partial charge in [0.2, 0.25) is 47.3 Å². The van der Waals surface area contributed by atoms with E-state index in [0.29, 0.717) is 12.0 Å². The fourth-order valence-electron chi connectivity index (χ4n) is 6.45. The molecule has 288 valence electrons. The Kier molecular flexibility index (Phi) is 13.5. The number of nitrogens with two attached hydrogens (primary N) is 1. The van der Waals surface area contributed by atoms with Gasteiger partial charge in [-0.25, -0.2) is 0 Å². The number of amides is 8. The largest absolute Gasteiger partial charge is 0.391 e. The van der Waals surface area contributed by atoms with Crippen LogP contribution >= 0.6 is 0 Å². The van der Waals surface area contributed by atoms with Crippen LogP contribution in [0.4, 0.5) is 0 Å². The summed E-state index contributed by atoms with van der Waals surface area (Å²) in [7, 11) is 0. The number of hydrogen-bond donors (Lipinski definition) is 9. The maximum atomic E-state index is 13.9. The second kappa shape index (κ2) is 17.8. The van der Waals surface area contributed by atoms with E-state index < -0.39 is 103 Å². The Bertz CT molecular complexity index is 1720. The second-order valence-electron chi connectivity index (χ2n) is 14.0. The van der Waals surface area contributed by atoms with Crippen molar-refractivity contribution in [3.05, 3.63) is 36.0 Å². The third kappa shape index (κ3) is 10.5. The normalized spacial score (nSPS) is 26.4. The van der Waals surface area contributed by atoms with E-state index >= 15 is 0 Å². The highest BCUT2D eigenvalue weighted by Crippen LogP contribution is 2.21. The van der Waals surface area contributed by atoms with Gasteiger partial charge in [-0.15, -0.1) is 0 Å². The van der Waals surface area contributed by atoms with Gasteiger partial charge < -0.3 is 52.6 Å². The molecule has 0 saturated carbocycles. The number of aromatic amines is 1. The molecule has 2 fully saturated rings. The van der Waals surface area contributed by atoms with Gasteiger partial charge in [0, 0.05) is 30.1 Å². The van der Waals surface area contributed by atoms with Crippen LogP contribution in [-0.4, -0.2) is 118 Å². The molecule has 10 N–H and O–H groups in total. The van der Waals surface area contributed by atoms with Gasteiger partial charge in [0.25, 0.3) is 0 Å². The maximum absolute atomic E-state index is 13.9. The Morgan fingerprint density at radius 2 is 1.53 bits per heavy atom. The molecule has 0 bridgehead atoms. The predicted octanol–water partition coefficient (Wildman–Crippen LogP) is -2.42. The van der Waals surface area contributed by atoms with E-state index in [1.807, 2.05) is 38.1 Å². The molecule has 0 radical (unpaired) electrons. The number of aliphatic hydroxyl groups is 1. The molecule has 53 heavy (non-hydrogen) atoms. The van der Waals surface area contributed by atoms with Gasteiger partial charge in [-0.2, -0.15) is 0 Å². The standard InChI is InChI=1S/C35H49N9O9/c1-17(2)12-23-31(49)38-16-28(47)43-29(19(4)45)35(53)44-11-7-10-26(44)34(52)42-25(14-27(36)46)32(50)39-18(3)30(48)40-24(33(51)41-23)13-20-15-37-22-9-6-5-8-21(20)22/h5-6,8-9,15,17-19,23-26,29,37,45H,7,10-14,16H2,1-4H3,(H2,36,46)(H,38,49)(H,39,50)(H,40,48)(H,41,51)(H,42,52)(H,43,47). The summed E-state index contributed by atoms with van der Waals surface area (Å²) in [6.45, 7) is 5.76. The van der Waals surface area contributed by atoms with Crippen LogP contribution in [0, 0.1) is 5.92 Å². The molecule has 1 aromatic heterocycles. The first-order chi connectivity index (χ1) is 25.0. The number of carbonyl (C=O) groups is 8. The summed E-state index contributed by atoms with van der Waals surface area (Å²) in [5, 5.41) is 26.4. The number of fused-ring (bicyclic) bond motifs is 2. The van der Waals surface area contributed by atoms with Crippen LogP contribution in [0.1, 0.15) is 58.9 Å². The molecule has 0 aliphatic carbocycles. The third-order valence-electron chi connectivity index (χ3n) is 9.19. The molecule has 8 amide bonds. The van der Waals surface area contributed by atoms with Gasteiger partial charge in [0.1, 0.15) is 36.3 Å². The molecule has 4 rings (SSSR count). The quantitative estimate of drug-likeness (QED) is 0.146. The number of para-hydroxylation sites is 1. The number of hydrogen-bond acceptors (Lipinski definition) is 9. The lowest BCUT2D eigenvalue weighted by molar-refractivity contribution is -0.144. The first-order valence-electron chi connectivity index (χ1n) is 17.7. The first kappa shape index (κ1) is 40.3. The Morgan fingerprint density at radius 1 is 0.868 bits per heavy atom. The smallest absolute Gasteiger partial charge is 0.248 e. The molecule has 2 saturated heterocycles. The van der Waals surface area contributed by atoms with Gasteiger partial charge in [-0.3, -0.25) is 38.4 Å². The number of aliphatic hydroxyl groups excluding tert-OH is 1. The second-order valence-corrected chi connectivity index (χ2v) is 14.0. The molecule has 7 atom stereocenters. The van der Waals surface area contributed by atoms with Crippen LogP contribution in [0.5, 0.6) is 0 Å². The minimum atomic E-state index is -1.53. The summed E-state index contributed by atoms with van der Waals surface area (Å²) in [4.78, 5) is 111. The van der Waals surface area contributed by atoms with Crippen molar-refractivity contribution in [1.82, 2.24) is 41.8 Å². The molecular weight excluding hydrogens is 690 g/mol. The van der Waals surface area contributed by atoms with Crippen LogP contribution in [0.2, 0.25) is 0 Å². The number of primary amides is 1. The van der Waals surface area contributed by atoms with Gasteiger partial charge in [0.05, 0.1) is 19.1 Å². The highest BCUT2D eigenvalue weighted by Gasteiger charge is 2.41. The van der Waals surface area contributed by atoms with E-state index in [0.717, 1.165) is 15.8 Å². The fraction of sp³-hybridized carbons (Fsp3) is 0.543. The fourth-order valence-corrected chi connectivity index (χ4v) is 6.45. The average Bonchev–Trinajstić information content (AvgIpc) is 3.75. The van der Waals surface area contributed by atoms with Gasteiger partial charge in [-0.1, -0.05) is 32.0 Å². The van der Waals surface area contributed by atoms with E-state index in [2.05, 4.69) is 36.9 Å². The molecule has 0 spiro atoms. The topological polar surface area (TPSA) is 274 Å². The van der Waals surface area contributed by atoms with Crippen molar-refractivity contribution in [2.24, 2.45) is 11.7 Å².